The lowest BCUT2D eigenvalue weighted by Gasteiger charge is -2.26. The molecule has 120 valence electrons. The second kappa shape index (κ2) is 7.51. The summed E-state index contributed by atoms with van der Waals surface area (Å²) in [6.07, 6.45) is 3.73. The molecule has 1 aromatic rings. The molecule has 0 saturated heterocycles. The zero-order valence-corrected chi connectivity index (χ0v) is 14.8. The molecule has 1 heterocycles. The molecule has 1 rings (SSSR count). The molecule has 11 heteroatoms. The van der Waals surface area contributed by atoms with Crippen LogP contribution in [0.15, 0.2) is 0 Å². The molecule has 21 heavy (non-hydrogen) atoms. The topological polar surface area (TPSA) is 73.8 Å². The van der Waals surface area contributed by atoms with E-state index in [2.05, 4.69) is 17.2 Å². The normalized spacial score (nSPS) is 12.7. The Bertz CT molecular complexity index is 500. The number of aryl methyl sites for hydroxylation is 1. The smallest absolute Gasteiger partial charge is 0.358 e. The SMILES string of the molecule is CCCCCCn1nnc([N+](=O)[O-])c1C(Cl)(Cl)C(Cl)(Cl)Cl. The van der Waals surface area contributed by atoms with E-state index in [0.717, 1.165) is 25.7 Å². The van der Waals surface area contributed by atoms with Gasteiger partial charge in [-0.2, -0.15) is 0 Å². The number of rotatable bonds is 7. The van der Waals surface area contributed by atoms with Gasteiger partial charge in [0.25, 0.3) is 0 Å². The fourth-order valence-corrected chi connectivity index (χ4v) is 2.34. The van der Waals surface area contributed by atoms with E-state index < -0.39 is 18.9 Å². The van der Waals surface area contributed by atoms with Crippen LogP contribution in [0, 0.1) is 10.1 Å². The second-order valence-corrected chi connectivity index (χ2v) is 7.98. The van der Waals surface area contributed by atoms with Crippen molar-refractivity contribution in [3.05, 3.63) is 15.8 Å². The van der Waals surface area contributed by atoms with Gasteiger partial charge in [0.05, 0.1) is 5.21 Å². The van der Waals surface area contributed by atoms with E-state index in [4.69, 9.17) is 58.0 Å². The minimum atomic E-state index is -2.18. The van der Waals surface area contributed by atoms with Gasteiger partial charge in [0.1, 0.15) is 5.10 Å². The molecular weight excluding hydrogens is 385 g/mol. The van der Waals surface area contributed by atoms with Crippen LogP contribution in [0.5, 0.6) is 0 Å². The largest absolute Gasteiger partial charge is 0.417 e. The van der Waals surface area contributed by atoms with E-state index in [1.54, 1.807) is 0 Å². The Kier molecular flexibility index (Phi) is 6.80. The Morgan fingerprint density at radius 2 is 1.81 bits per heavy atom. The van der Waals surface area contributed by atoms with E-state index in [-0.39, 0.29) is 5.69 Å². The molecule has 0 atom stereocenters. The zero-order chi connectivity index (χ0) is 16.3. The van der Waals surface area contributed by atoms with Crippen molar-refractivity contribution >= 4 is 63.8 Å². The average molecular weight is 399 g/mol. The zero-order valence-electron chi connectivity index (χ0n) is 11.0. The number of unbranched alkanes of at least 4 members (excludes halogenated alkanes) is 3. The maximum absolute atomic E-state index is 11.0. The number of aromatic nitrogens is 3. The van der Waals surface area contributed by atoms with Crippen molar-refractivity contribution in [3.8, 4) is 0 Å². The first kappa shape index (κ1) is 19.0. The lowest BCUT2D eigenvalue weighted by molar-refractivity contribution is -0.390. The summed E-state index contributed by atoms with van der Waals surface area (Å²) < 4.78 is -3.10. The minimum Gasteiger partial charge on any atom is -0.358 e. The minimum absolute atomic E-state index is 0.229. The van der Waals surface area contributed by atoms with Crippen LogP contribution in [-0.2, 0) is 10.9 Å². The molecule has 0 saturated carbocycles. The highest BCUT2D eigenvalue weighted by molar-refractivity contribution is 6.75. The molecule has 1 aromatic heterocycles. The number of nitro groups is 1. The van der Waals surface area contributed by atoms with Crippen LogP contribution >= 0.6 is 58.0 Å². The molecule has 0 N–H and O–H groups in total. The summed E-state index contributed by atoms with van der Waals surface area (Å²) in [4.78, 5) is 10.3. The van der Waals surface area contributed by atoms with E-state index >= 15 is 0 Å². The van der Waals surface area contributed by atoms with Gasteiger partial charge in [-0.05, 0) is 11.3 Å². The second-order valence-electron chi connectivity index (χ2n) is 4.37. The van der Waals surface area contributed by atoms with Crippen LogP contribution in [0.1, 0.15) is 38.3 Å². The highest BCUT2D eigenvalue weighted by Crippen LogP contribution is 2.54. The first-order valence-electron chi connectivity index (χ1n) is 6.15. The summed E-state index contributed by atoms with van der Waals surface area (Å²) in [5.74, 6) is -0.623. The summed E-state index contributed by atoms with van der Waals surface area (Å²) in [5, 5.41) is 18.2. The summed E-state index contributed by atoms with van der Waals surface area (Å²) >= 11 is 29.2. The van der Waals surface area contributed by atoms with Gasteiger partial charge in [-0.15, -0.1) is 0 Å². The van der Waals surface area contributed by atoms with Crippen LogP contribution in [-0.4, -0.2) is 23.7 Å². The van der Waals surface area contributed by atoms with Crippen molar-refractivity contribution < 1.29 is 4.92 Å². The Morgan fingerprint density at radius 1 is 1.19 bits per heavy atom. The monoisotopic (exact) mass is 396 g/mol. The Hall–Kier alpha value is -0.01000. The molecule has 0 amide bonds. The summed E-state index contributed by atoms with van der Waals surface area (Å²) in [5.41, 5.74) is -0.229. The Morgan fingerprint density at radius 3 is 2.29 bits per heavy atom. The molecule has 0 radical (unpaired) electrons. The lowest BCUT2D eigenvalue weighted by Crippen LogP contribution is -2.32. The van der Waals surface area contributed by atoms with E-state index in [0.29, 0.717) is 6.54 Å². The maximum atomic E-state index is 11.0. The molecule has 0 aliphatic heterocycles. The number of hydrogen-bond donors (Lipinski definition) is 0. The van der Waals surface area contributed by atoms with Crippen LogP contribution in [0.25, 0.3) is 0 Å². The van der Waals surface area contributed by atoms with Crippen LogP contribution in [0.2, 0.25) is 0 Å². The molecule has 0 fully saturated rings. The fraction of sp³-hybridized carbons (Fsp3) is 0.800. The van der Waals surface area contributed by atoms with Gasteiger partial charge in [0.15, 0.2) is 5.69 Å². The van der Waals surface area contributed by atoms with Gasteiger partial charge >= 0.3 is 5.82 Å². The van der Waals surface area contributed by atoms with Crippen molar-refractivity contribution in [2.75, 3.05) is 0 Å². The standard InChI is InChI=1S/C10H13Cl5N4O2/c1-2-3-4-5-6-18-7(8(16-17-18)19(20)21)9(11,12)10(13,14)15/h2-6H2,1H3. The average Bonchev–Trinajstić information content (AvgIpc) is 2.77. The van der Waals surface area contributed by atoms with E-state index in [9.17, 15) is 10.1 Å². The molecule has 0 aliphatic carbocycles. The van der Waals surface area contributed by atoms with Crippen LogP contribution in [0.4, 0.5) is 5.82 Å². The third-order valence-corrected chi connectivity index (χ3v) is 5.12. The van der Waals surface area contributed by atoms with Crippen molar-refractivity contribution in [2.45, 2.75) is 47.3 Å². The predicted molar refractivity (Wildman–Crippen MR) is 84.5 cm³/mol. The van der Waals surface area contributed by atoms with Crippen LogP contribution < -0.4 is 0 Å². The molecule has 0 aromatic carbocycles. The summed E-state index contributed by atoms with van der Waals surface area (Å²) in [7, 11) is 0. The van der Waals surface area contributed by atoms with Crippen molar-refractivity contribution in [1.29, 1.82) is 0 Å². The molecule has 0 spiro atoms. The van der Waals surface area contributed by atoms with Gasteiger partial charge in [-0.1, -0.05) is 84.2 Å². The number of nitrogens with zero attached hydrogens (tertiary/aromatic N) is 4. The van der Waals surface area contributed by atoms with Gasteiger partial charge < -0.3 is 10.1 Å². The number of alkyl halides is 5. The Balaban J connectivity index is 3.14. The highest BCUT2D eigenvalue weighted by Gasteiger charge is 2.54. The summed E-state index contributed by atoms with van der Waals surface area (Å²) in [6.45, 7) is 2.41. The van der Waals surface area contributed by atoms with Gasteiger partial charge in [-0.25, -0.2) is 4.68 Å². The number of halogens is 5. The highest BCUT2D eigenvalue weighted by atomic mass is 35.6. The van der Waals surface area contributed by atoms with Gasteiger partial charge in [0.2, 0.25) is 8.13 Å². The number of hydrogen-bond acceptors (Lipinski definition) is 4. The van der Waals surface area contributed by atoms with Crippen molar-refractivity contribution in [1.82, 2.24) is 15.0 Å². The fourth-order valence-electron chi connectivity index (χ4n) is 1.71. The third-order valence-electron chi connectivity index (χ3n) is 2.77. The first-order valence-corrected chi connectivity index (χ1v) is 8.04. The molecule has 0 aliphatic rings. The lowest BCUT2D eigenvalue weighted by atomic mass is 10.2. The van der Waals surface area contributed by atoms with Crippen molar-refractivity contribution in [2.24, 2.45) is 0 Å². The van der Waals surface area contributed by atoms with Gasteiger partial charge in [-0.3, -0.25) is 0 Å². The van der Waals surface area contributed by atoms with Crippen molar-refractivity contribution in [3.63, 3.8) is 0 Å². The molecular formula is C10H13Cl5N4O2. The van der Waals surface area contributed by atoms with E-state index in [1.807, 2.05) is 0 Å². The van der Waals surface area contributed by atoms with Crippen LogP contribution in [0.3, 0.4) is 0 Å². The first-order chi connectivity index (χ1) is 9.63. The molecule has 6 nitrogen and oxygen atoms in total. The quantitative estimate of drug-likeness (QED) is 0.287. The maximum Gasteiger partial charge on any atom is 0.417 e. The summed E-state index contributed by atoms with van der Waals surface area (Å²) in [6, 6.07) is 0. The molecule has 0 unspecified atom stereocenters. The molecule has 0 bridgehead atoms. The Labute approximate surface area is 146 Å². The van der Waals surface area contributed by atoms with E-state index in [1.165, 1.54) is 4.68 Å². The van der Waals surface area contributed by atoms with Gasteiger partial charge in [0, 0.05) is 6.54 Å². The predicted octanol–water partition coefficient (Wildman–Crippen LogP) is 4.77. The third kappa shape index (κ3) is 4.48.